The Bertz CT molecular complexity index is 659. The van der Waals surface area contributed by atoms with E-state index in [2.05, 4.69) is 5.32 Å². The fraction of sp³-hybridized carbons (Fsp3) is 0.500. The van der Waals surface area contributed by atoms with Gasteiger partial charge in [-0.2, -0.15) is 4.31 Å². The number of rotatable bonds is 6. The van der Waals surface area contributed by atoms with E-state index >= 15 is 0 Å². The average Bonchev–Trinajstić information content (AvgIpc) is 2.54. The molecule has 0 radical (unpaired) electrons. The lowest BCUT2D eigenvalue weighted by atomic mass is 10.3. The summed E-state index contributed by atoms with van der Waals surface area (Å²) in [6.45, 7) is 3.22. The fourth-order valence-corrected chi connectivity index (χ4v) is 3.92. The van der Waals surface area contributed by atoms with Crippen molar-refractivity contribution in [1.82, 2.24) is 9.62 Å². The normalized spacial score (nSPS) is 16.1. The number of ether oxygens (including phenoxy) is 2. The molecule has 9 heteroatoms. The third kappa shape index (κ3) is 4.57. The Balaban J connectivity index is 2.25. The number of hydrogen-bond donors (Lipinski definition) is 1. The number of carbonyl (C=O) groups is 1. The molecule has 2 rings (SSSR count). The lowest BCUT2D eigenvalue weighted by Crippen LogP contribution is -2.40. The number of amides is 1. The summed E-state index contributed by atoms with van der Waals surface area (Å²) < 4.78 is 37.4. The van der Waals surface area contributed by atoms with E-state index in [9.17, 15) is 13.2 Å². The molecule has 0 spiro atoms. The summed E-state index contributed by atoms with van der Waals surface area (Å²) in [6, 6.07) is 4.31. The van der Waals surface area contributed by atoms with Gasteiger partial charge in [-0.3, -0.25) is 4.79 Å². The summed E-state index contributed by atoms with van der Waals surface area (Å²) in [6.07, 6.45) is 0. The molecule has 128 valence electrons. The van der Waals surface area contributed by atoms with Crippen LogP contribution in [0.2, 0.25) is 5.02 Å². The highest BCUT2D eigenvalue weighted by atomic mass is 35.5. The van der Waals surface area contributed by atoms with E-state index in [1.807, 2.05) is 0 Å². The maximum atomic E-state index is 12.8. The third-order valence-electron chi connectivity index (χ3n) is 3.23. The first-order valence-corrected chi connectivity index (χ1v) is 9.04. The number of carbonyl (C=O) groups excluding carboxylic acids is 1. The van der Waals surface area contributed by atoms with Crippen LogP contribution in [0.5, 0.6) is 5.75 Å². The number of sulfonamides is 1. The van der Waals surface area contributed by atoms with Gasteiger partial charge < -0.3 is 14.8 Å². The van der Waals surface area contributed by atoms with E-state index in [4.69, 9.17) is 21.1 Å². The minimum Gasteiger partial charge on any atom is -0.482 e. The van der Waals surface area contributed by atoms with Crippen LogP contribution in [-0.4, -0.2) is 58.1 Å². The zero-order valence-corrected chi connectivity index (χ0v) is 14.3. The standard InChI is InChI=1S/C14H19ClN2O5S/c1-2-16-14(18)10-22-12-4-3-11(15)9-13(12)23(19,20)17-5-7-21-8-6-17/h3-4,9H,2,5-8,10H2,1H3,(H,16,18). The fourth-order valence-electron chi connectivity index (χ4n) is 2.12. The smallest absolute Gasteiger partial charge is 0.257 e. The van der Waals surface area contributed by atoms with Crippen LogP contribution < -0.4 is 10.1 Å². The van der Waals surface area contributed by atoms with E-state index in [1.165, 1.54) is 22.5 Å². The van der Waals surface area contributed by atoms with E-state index in [-0.39, 0.29) is 41.3 Å². The molecule has 1 aliphatic rings. The van der Waals surface area contributed by atoms with Gasteiger partial charge in [0.2, 0.25) is 10.0 Å². The number of likely N-dealkylation sites (N-methyl/N-ethyl adjacent to an activating group) is 1. The predicted molar refractivity (Wildman–Crippen MR) is 85.2 cm³/mol. The molecular formula is C14H19ClN2O5S. The Hall–Kier alpha value is -1.35. The summed E-state index contributed by atoms with van der Waals surface area (Å²) >= 11 is 5.93. The van der Waals surface area contributed by atoms with Crippen molar-refractivity contribution in [2.24, 2.45) is 0 Å². The second-order valence-electron chi connectivity index (χ2n) is 4.85. The van der Waals surface area contributed by atoms with Crippen molar-refractivity contribution >= 4 is 27.5 Å². The van der Waals surface area contributed by atoms with Crippen molar-refractivity contribution in [2.45, 2.75) is 11.8 Å². The number of nitrogens with one attached hydrogen (secondary N) is 1. The zero-order chi connectivity index (χ0) is 16.9. The van der Waals surface area contributed by atoms with E-state index in [1.54, 1.807) is 6.92 Å². The molecule has 1 heterocycles. The maximum absolute atomic E-state index is 12.8. The summed E-state index contributed by atoms with van der Waals surface area (Å²) in [4.78, 5) is 11.5. The maximum Gasteiger partial charge on any atom is 0.257 e. The van der Waals surface area contributed by atoms with Gasteiger partial charge in [0.05, 0.1) is 13.2 Å². The van der Waals surface area contributed by atoms with Crippen molar-refractivity contribution in [1.29, 1.82) is 0 Å². The second-order valence-corrected chi connectivity index (χ2v) is 7.19. The van der Waals surface area contributed by atoms with Gasteiger partial charge in [-0.15, -0.1) is 0 Å². The third-order valence-corrected chi connectivity index (χ3v) is 5.38. The predicted octanol–water partition coefficient (Wildman–Crippen LogP) is 0.876. The molecule has 1 N–H and O–H groups in total. The Labute approximate surface area is 140 Å². The first-order valence-electron chi connectivity index (χ1n) is 7.22. The molecule has 1 aromatic carbocycles. The van der Waals surface area contributed by atoms with Gasteiger partial charge in [-0.1, -0.05) is 11.6 Å². The topological polar surface area (TPSA) is 84.9 Å². The number of halogens is 1. The van der Waals surface area contributed by atoms with Gasteiger partial charge in [-0.05, 0) is 25.1 Å². The van der Waals surface area contributed by atoms with Gasteiger partial charge in [0.15, 0.2) is 6.61 Å². The molecule has 0 unspecified atom stereocenters. The van der Waals surface area contributed by atoms with Crippen LogP contribution in [0.3, 0.4) is 0 Å². The van der Waals surface area contributed by atoms with Crippen LogP contribution in [0.15, 0.2) is 23.1 Å². The van der Waals surface area contributed by atoms with Gasteiger partial charge in [0.1, 0.15) is 10.6 Å². The van der Waals surface area contributed by atoms with Crippen LogP contribution in [-0.2, 0) is 19.6 Å². The average molecular weight is 363 g/mol. The van der Waals surface area contributed by atoms with Crippen molar-refractivity contribution in [3.63, 3.8) is 0 Å². The molecule has 0 aromatic heterocycles. The van der Waals surface area contributed by atoms with Gasteiger partial charge >= 0.3 is 0 Å². The summed E-state index contributed by atoms with van der Waals surface area (Å²) in [5.41, 5.74) is 0. The number of benzene rings is 1. The van der Waals surface area contributed by atoms with Crippen LogP contribution in [0.25, 0.3) is 0 Å². The first-order chi connectivity index (χ1) is 10.9. The molecule has 0 atom stereocenters. The first kappa shape index (κ1) is 18.0. The molecule has 7 nitrogen and oxygen atoms in total. The highest BCUT2D eigenvalue weighted by Crippen LogP contribution is 2.30. The zero-order valence-electron chi connectivity index (χ0n) is 12.7. The number of hydrogen-bond acceptors (Lipinski definition) is 5. The minimum atomic E-state index is -3.76. The van der Waals surface area contributed by atoms with Crippen LogP contribution in [0.4, 0.5) is 0 Å². The highest BCUT2D eigenvalue weighted by molar-refractivity contribution is 7.89. The monoisotopic (exact) mass is 362 g/mol. The van der Waals surface area contributed by atoms with Crippen LogP contribution in [0, 0.1) is 0 Å². The Morgan fingerprint density at radius 3 is 2.74 bits per heavy atom. The molecule has 0 saturated carbocycles. The van der Waals surface area contributed by atoms with Crippen LogP contribution in [0.1, 0.15) is 6.92 Å². The van der Waals surface area contributed by atoms with Crippen molar-refractivity contribution < 1.29 is 22.7 Å². The van der Waals surface area contributed by atoms with E-state index in [0.29, 0.717) is 19.8 Å². The largest absolute Gasteiger partial charge is 0.482 e. The SMILES string of the molecule is CCNC(=O)COc1ccc(Cl)cc1S(=O)(=O)N1CCOCC1. The molecule has 1 aromatic rings. The summed E-state index contributed by atoms with van der Waals surface area (Å²) in [5.74, 6) is -0.218. The molecular weight excluding hydrogens is 344 g/mol. The van der Waals surface area contributed by atoms with Crippen molar-refractivity contribution in [3.8, 4) is 5.75 Å². The van der Waals surface area contributed by atoms with Gasteiger partial charge in [0.25, 0.3) is 5.91 Å². The second kappa shape index (κ2) is 7.96. The Morgan fingerprint density at radius 2 is 2.09 bits per heavy atom. The Kier molecular flexibility index (Phi) is 6.23. The number of nitrogens with zero attached hydrogens (tertiary/aromatic N) is 1. The molecule has 1 saturated heterocycles. The lowest BCUT2D eigenvalue weighted by molar-refractivity contribution is -0.123. The lowest BCUT2D eigenvalue weighted by Gasteiger charge is -2.26. The Morgan fingerprint density at radius 1 is 1.39 bits per heavy atom. The van der Waals surface area contributed by atoms with Gasteiger partial charge in [-0.25, -0.2) is 8.42 Å². The van der Waals surface area contributed by atoms with Crippen molar-refractivity contribution in [3.05, 3.63) is 23.2 Å². The summed E-state index contributed by atoms with van der Waals surface area (Å²) in [5, 5.41) is 2.86. The van der Waals surface area contributed by atoms with E-state index in [0.717, 1.165) is 0 Å². The van der Waals surface area contributed by atoms with Crippen LogP contribution >= 0.6 is 11.6 Å². The van der Waals surface area contributed by atoms with Gasteiger partial charge in [0, 0.05) is 24.7 Å². The molecule has 1 aliphatic heterocycles. The number of morpholine rings is 1. The molecule has 1 amide bonds. The molecule has 1 fully saturated rings. The van der Waals surface area contributed by atoms with E-state index < -0.39 is 10.0 Å². The highest BCUT2D eigenvalue weighted by Gasteiger charge is 2.29. The molecule has 0 bridgehead atoms. The van der Waals surface area contributed by atoms with Crippen molar-refractivity contribution in [2.75, 3.05) is 39.5 Å². The quantitative estimate of drug-likeness (QED) is 0.811. The minimum absolute atomic E-state index is 0.0452. The molecule has 0 aliphatic carbocycles. The summed E-state index contributed by atoms with van der Waals surface area (Å²) in [7, 11) is -3.76. The molecule has 23 heavy (non-hydrogen) atoms.